The highest BCUT2D eigenvalue weighted by atomic mass is 28.4. The molecule has 1 spiro atoms. The summed E-state index contributed by atoms with van der Waals surface area (Å²) >= 11 is 0. The number of hydrogen-bond acceptors (Lipinski definition) is 8. The molecule has 0 N–H and O–H groups in total. The van der Waals surface area contributed by atoms with Crippen molar-refractivity contribution in [2.24, 2.45) is 5.92 Å². The number of aryl methyl sites for hydroxylation is 2. The fraction of sp³-hybridized carbons (Fsp3) is 0.700. The molecule has 50 heavy (non-hydrogen) atoms. The molecule has 3 fully saturated rings. The van der Waals surface area contributed by atoms with Crippen LogP contribution in [0.15, 0.2) is 6.07 Å². The Morgan fingerprint density at radius 3 is 1.98 bits per heavy atom. The van der Waals surface area contributed by atoms with Crippen molar-refractivity contribution in [3.8, 4) is 11.5 Å². The van der Waals surface area contributed by atoms with Crippen molar-refractivity contribution in [3.63, 3.8) is 0 Å². The molecule has 2 bridgehead atoms. The normalized spacial score (nSPS) is 31.8. The molecule has 0 unspecified atom stereocenters. The van der Waals surface area contributed by atoms with Crippen LogP contribution in [0, 0.1) is 19.8 Å². The van der Waals surface area contributed by atoms with Crippen molar-refractivity contribution in [3.05, 3.63) is 33.9 Å². The number of carbonyl (C=O) groups excluding carboxylic acids is 2. The standard InChI is InChI=1S/C40H58O8Si2/c1-20(2)40-39(19-43-39)35(42)34(45-40)33(44-40)27-21(3)17-24-23(5)26-22(4)18-25(46-49(15,16)36(6,7)8)30(41)29(26)32-28(24)31(27)47-50(48-32,37(9,10)11)38(12,13)14/h17,20,22,25,33-34H,18-19H2,1-16H3/t22-,25-,33-,34-,39-,40-/m0/s1. The lowest BCUT2D eigenvalue weighted by Gasteiger charge is -2.52. The van der Waals surface area contributed by atoms with Crippen LogP contribution in [0.25, 0.3) is 10.8 Å². The van der Waals surface area contributed by atoms with E-state index in [1.807, 2.05) is 13.8 Å². The summed E-state index contributed by atoms with van der Waals surface area (Å²) in [5.74, 6) is -0.0160. The van der Waals surface area contributed by atoms with Crippen LogP contribution in [0.4, 0.5) is 0 Å². The Morgan fingerprint density at radius 2 is 1.46 bits per heavy atom. The minimum Gasteiger partial charge on any atom is -0.510 e. The monoisotopic (exact) mass is 722 g/mol. The molecule has 7 rings (SSSR count). The van der Waals surface area contributed by atoms with E-state index in [-0.39, 0.29) is 28.4 Å². The number of rotatable bonds is 4. The lowest BCUT2D eigenvalue weighted by atomic mass is 9.76. The van der Waals surface area contributed by atoms with Crippen molar-refractivity contribution in [2.45, 2.75) is 167 Å². The molecule has 0 aromatic heterocycles. The van der Waals surface area contributed by atoms with E-state index in [2.05, 4.69) is 102 Å². The maximum Gasteiger partial charge on any atom is 0.471 e. The lowest BCUT2D eigenvalue weighted by molar-refractivity contribution is -0.220. The number of benzene rings is 2. The van der Waals surface area contributed by atoms with Crippen LogP contribution in [-0.4, -0.2) is 58.6 Å². The van der Waals surface area contributed by atoms with E-state index in [0.717, 1.165) is 33.0 Å². The number of ketones is 2. The summed E-state index contributed by atoms with van der Waals surface area (Å²) in [5.41, 5.74) is 3.44. The molecule has 1 aliphatic carbocycles. The van der Waals surface area contributed by atoms with Crippen LogP contribution < -0.4 is 8.85 Å². The van der Waals surface area contributed by atoms with E-state index < -0.39 is 56.7 Å². The van der Waals surface area contributed by atoms with Crippen molar-refractivity contribution in [1.29, 1.82) is 0 Å². The first-order valence-electron chi connectivity index (χ1n) is 18.5. The molecule has 5 aliphatic rings. The third-order valence-electron chi connectivity index (χ3n) is 12.9. The summed E-state index contributed by atoms with van der Waals surface area (Å²) in [4.78, 5) is 29.1. The summed E-state index contributed by atoms with van der Waals surface area (Å²) in [6, 6.07) is 2.17. The van der Waals surface area contributed by atoms with Gasteiger partial charge < -0.3 is 27.5 Å². The van der Waals surface area contributed by atoms with E-state index >= 15 is 4.79 Å². The molecule has 3 saturated heterocycles. The van der Waals surface area contributed by atoms with Crippen molar-refractivity contribution in [2.75, 3.05) is 6.61 Å². The Balaban J connectivity index is 1.52. The van der Waals surface area contributed by atoms with Crippen LogP contribution in [0.2, 0.25) is 28.2 Å². The number of fused-ring (bicyclic) bond motifs is 5. The van der Waals surface area contributed by atoms with E-state index in [0.29, 0.717) is 30.1 Å². The molecule has 2 aromatic rings. The number of Topliss-reactive ketones (excluding diaryl/α,β-unsaturated/α-hetero) is 2. The Labute approximate surface area is 300 Å². The minimum absolute atomic E-state index is 0.00936. The van der Waals surface area contributed by atoms with Crippen molar-refractivity contribution >= 4 is 39.2 Å². The van der Waals surface area contributed by atoms with Crippen molar-refractivity contribution < 1.29 is 37.1 Å². The number of hydrogen-bond donors (Lipinski definition) is 0. The summed E-state index contributed by atoms with van der Waals surface area (Å²) < 4.78 is 41.3. The van der Waals surface area contributed by atoms with Gasteiger partial charge in [-0.2, -0.15) is 0 Å². The first kappa shape index (κ1) is 36.3. The molecular formula is C40H58O8Si2. The van der Waals surface area contributed by atoms with E-state index in [9.17, 15) is 4.79 Å². The van der Waals surface area contributed by atoms with Gasteiger partial charge in [-0.15, -0.1) is 0 Å². The molecule has 2 aromatic carbocycles. The van der Waals surface area contributed by atoms with Gasteiger partial charge >= 0.3 is 8.56 Å². The number of epoxide rings is 1. The average molecular weight is 723 g/mol. The van der Waals surface area contributed by atoms with Gasteiger partial charge in [0.2, 0.25) is 17.2 Å². The molecule has 0 amide bonds. The summed E-state index contributed by atoms with van der Waals surface area (Å²) in [5, 5.41) is 0.899. The van der Waals surface area contributed by atoms with E-state index in [1.54, 1.807) is 0 Å². The Bertz CT molecular complexity index is 1820. The third-order valence-corrected chi connectivity index (χ3v) is 22.4. The van der Waals surface area contributed by atoms with Gasteiger partial charge in [0.25, 0.3) is 0 Å². The predicted molar refractivity (Wildman–Crippen MR) is 199 cm³/mol. The largest absolute Gasteiger partial charge is 0.510 e. The van der Waals surface area contributed by atoms with Gasteiger partial charge in [0.15, 0.2) is 20.2 Å². The molecule has 0 radical (unpaired) electrons. The minimum atomic E-state index is -3.33. The zero-order valence-corrected chi connectivity index (χ0v) is 35.1. The van der Waals surface area contributed by atoms with Gasteiger partial charge in [-0.1, -0.05) is 89.2 Å². The molecule has 8 nitrogen and oxygen atoms in total. The highest BCUT2D eigenvalue weighted by Gasteiger charge is 2.82. The molecular weight excluding hydrogens is 665 g/mol. The zero-order valence-electron chi connectivity index (χ0n) is 33.1. The highest BCUT2D eigenvalue weighted by Crippen LogP contribution is 2.65. The summed E-state index contributed by atoms with van der Waals surface area (Å²) in [6.45, 7) is 34.9. The van der Waals surface area contributed by atoms with Gasteiger partial charge in [-0.05, 0) is 66.4 Å². The smallest absolute Gasteiger partial charge is 0.471 e. The van der Waals surface area contributed by atoms with Crippen LogP contribution >= 0.6 is 0 Å². The van der Waals surface area contributed by atoms with E-state index in [4.69, 9.17) is 27.5 Å². The molecule has 4 aliphatic heterocycles. The van der Waals surface area contributed by atoms with Crippen LogP contribution in [0.5, 0.6) is 11.5 Å². The van der Waals surface area contributed by atoms with Crippen LogP contribution in [0.3, 0.4) is 0 Å². The molecule has 6 atom stereocenters. The quantitative estimate of drug-likeness (QED) is 0.228. The second-order valence-electron chi connectivity index (χ2n) is 19.7. The van der Waals surface area contributed by atoms with Crippen LogP contribution in [0.1, 0.15) is 134 Å². The maximum atomic E-state index is 15.0. The maximum absolute atomic E-state index is 15.0. The van der Waals surface area contributed by atoms with Crippen molar-refractivity contribution in [1.82, 2.24) is 0 Å². The van der Waals surface area contributed by atoms with Gasteiger partial charge in [0.1, 0.15) is 23.7 Å². The fourth-order valence-electron chi connectivity index (χ4n) is 9.39. The Hall–Kier alpha value is -2.09. The lowest BCUT2D eigenvalue weighted by Crippen LogP contribution is -2.63. The summed E-state index contributed by atoms with van der Waals surface area (Å²) in [6.07, 6.45) is -1.46. The molecule has 10 heteroatoms. The highest BCUT2D eigenvalue weighted by molar-refractivity contribution is 6.75. The van der Waals surface area contributed by atoms with Gasteiger partial charge in [0.05, 0.1) is 17.6 Å². The summed E-state index contributed by atoms with van der Waals surface area (Å²) in [7, 11) is -5.62. The molecule has 4 heterocycles. The molecule has 0 saturated carbocycles. The second-order valence-corrected chi connectivity index (χ2v) is 29.1. The van der Waals surface area contributed by atoms with E-state index in [1.165, 1.54) is 0 Å². The average Bonchev–Trinajstić information content (AvgIpc) is 3.62. The molecule has 274 valence electrons. The number of carbonyl (C=O) groups is 2. The Kier molecular flexibility index (Phi) is 7.64. The van der Waals surface area contributed by atoms with Crippen LogP contribution in [-0.2, 0) is 23.4 Å². The number of ether oxygens (including phenoxy) is 3. The Morgan fingerprint density at radius 1 is 0.900 bits per heavy atom. The second kappa shape index (κ2) is 10.5. The fourth-order valence-corrected chi connectivity index (χ4v) is 15.2. The zero-order chi connectivity index (χ0) is 37.1. The first-order chi connectivity index (χ1) is 22.8. The third kappa shape index (κ3) is 4.47. The SMILES string of the molecule is Cc1cc2c(C)c3c(c4c2c(c1[C@@H]1O[C@@]2(C(C)C)O[C@@H]1C(=O)[C@@]21CO1)O[Si](C(C)(C)C)(C(C)(C)C)O4)C(=O)[C@@H](O[Si](C)(C)C(C)(C)C)C[C@@H]3C. The first-order valence-corrected chi connectivity index (χ1v) is 23.3. The topological polar surface area (TPSA) is 92.8 Å². The van der Waals surface area contributed by atoms with Gasteiger partial charge in [0, 0.05) is 21.6 Å². The predicted octanol–water partition coefficient (Wildman–Crippen LogP) is 9.51. The van der Waals surface area contributed by atoms with Gasteiger partial charge in [-0.25, -0.2) is 0 Å². The van der Waals surface area contributed by atoms with Gasteiger partial charge in [-0.3, -0.25) is 9.59 Å².